The minimum atomic E-state index is -0.0868. The second-order valence-corrected chi connectivity index (χ2v) is 7.51. The van der Waals surface area contributed by atoms with Gasteiger partial charge in [0.15, 0.2) is 6.23 Å². The molecule has 2 aliphatic rings. The number of nitriles is 1. The van der Waals surface area contributed by atoms with E-state index in [2.05, 4.69) is 22.2 Å². The van der Waals surface area contributed by atoms with Crippen molar-refractivity contribution in [3.05, 3.63) is 53.5 Å². The van der Waals surface area contributed by atoms with Crippen LogP contribution in [0.2, 0.25) is 0 Å². The number of aryl methyl sites for hydroxylation is 1. The number of fused-ring (bicyclic) bond motifs is 2. The van der Waals surface area contributed by atoms with Crippen LogP contribution in [0.5, 0.6) is 5.75 Å². The van der Waals surface area contributed by atoms with E-state index in [9.17, 15) is 0 Å². The Morgan fingerprint density at radius 3 is 2.96 bits per heavy atom. The predicted octanol–water partition coefficient (Wildman–Crippen LogP) is 4.46. The van der Waals surface area contributed by atoms with Gasteiger partial charge >= 0.3 is 0 Å². The van der Waals surface area contributed by atoms with Crippen LogP contribution < -0.4 is 4.74 Å². The Hall–Kier alpha value is -2.91. The van der Waals surface area contributed by atoms with Crippen molar-refractivity contribution in [1.82, 2.24) is 14.8 Å². The average molecular weight is 374 g/mol. The van der Waals surface area contributed by atoms with Gasteiger partial charge in [-0.3, -0.25) is 4.98 Å². The number of aromatic nitrogens is 3. The van der Waals surface area contributed by atoms with E-state index in [1.165, 1.54) is 0 Å². The molecule has 0 radical (unpaired) electrons. The summed E-state index contributed by atoms with van der Waals surface area (Å²) in [5.41, 5.74) is 3.72. The lowest BCUT2D eigenvalue weighted by Gasteiger charge is -2.26. The lowest BCUT2D eigenvalue weighted by atomic mass is 9.93. The SMILES string of the molecule is N#Cc1cnc2c(c1)CCCC2Oc1ccc2cnn(C3CCCCO3)c2c1. The molecule has 142 valence electrons. The number of ether oxygens (including phenoxy) is 2. The molecular formula is C22H22N4O2. The van der Waals surface area contributed by atoms with Gasteiger partial charge in [0, 0.05) is 24.3 Å². The van der Waals surface area contributed by atoms with Gasteiger partial charge in [-0.15, -0.1) is 0 Å². The van der Waals surface area contributed by atoms with Crippen LogP contribution in [0.15, 0.2) is 36.7 Å². The first-order chi connectivity index (χ1) is 13.8. The fourth-order valence-electron chi connectivity index (χ4n) is 4.20. The summed E-state index contributed by atoms with van der Waals surface area (Å²) in [6, 6.07) is 10.2. The highest BCUT2D eigenvalue weighted by Gasteiger charge is 2.24. The van der Waals surface area contributed by atoms with Gasteiger partial charge in [0.05, 0.1) is 23.0 Å². The monoisotopic (exact) mass is 374 g/mol. The maximum absolute atomic E-state index is 9.11. The van der Waals surface area contributed by atoms with Crippen LogP contribution in [-0.4, -0.2) is 21.4 Å². The first kappa shape index (κ1) is 17.2. The molecule has 1 aliphatic carbocycles. The maximum Gasteiger partial charge on any atom is 0.150 e. The maximum atomic E-state index is 9.11. The van der Waals surface area contributed by atoms with E-state index in [-0.39, 0.29) is 12.3 Å². The zero-order chi connectivity index (χ0) is 18.9. The molecule has 0 spiro atoms. The molecule has 1 aliphatic heterocycles. The van der Waals surface area contributed by atoms with Gasteiger partial charge in [0.1, 0.15) is 17.9 Å². The molecule has 2 aromatic heterocycles. The van der Waals surface area contributed by atoms with Crippen molar-refractivity contribution in [1.29, 1.82) is 5.26 Å². The zero-order valence-corrected chi connectivity index (χ0v) is 15.7. The third kappa shape index (κ3) is 3.12. The minimum absolute atomic E-state index is 0.00276. The Morgan fingerprint density at radius 2 is 2.11 bits per heavy atom. The molecule has 6 heteroatoms. The summed E-state index contributed by atoms with van der Waals surface area (Å²) >= 11 is 0. The van der Waals surface area contributed by atoms with Gasteiger partial charge in [0.2, 0.25) is 0 Å². The average Bonchev–Trinajstić information content (AvgIpc) is 3.17. The van der Waals surface area contributed by atoms with E-state index in [1.807, 2.05) is 29.1 Å². The van der Waals surface area contributed by atoms with Crippen LogP contribution in [0.4, 0.5) is 0 Å². The van der Waals surface area contributed by atoms with Crippen LogP contribution >= 0.6 is 0 Å². The number of benzene rings is 1. The standard InChI is InChI=1S/C22H22N4O2/c23-12-15-10-16-4-3-5-20(22(16)24-13-15)28-18-8-7-17-14-25-26(19(17)11-18)21-6-1-2-9-27-21/h7-8,10-11,13-14,20-21H,1-6,9H2. The number of rotatable bonds is 3. The fraction of sp³-hybridized carbons (Fsp3) is 0.409. The molecule has 6 nitrogen and oxygen atoms in total. The van der Waals surface area contributed by atoms with E-state index >= 15 is 0 Å². The van der Waals surface area contributed by atoms with Gasteiger partial charge in [-0.05, 0) is 62.3 Å². The van der Waals surface area contributed by atoms with Gasteiger partial charge < -0.3 is 9.47 Å². The van der Waals surface area contributed by atoms with Crippen LogP contribution in [0, 0.1) is 11.3 Å². The summed E-state index contributed by atoms with van der Waals surface area (Å²) in [4.78, 5) is 4.53. The fourth-order valence-corrected chi connectivity index (χ4v) is 4.20. The highest BCUT2D eigenvalue weighted by Crippen LogP contribution is 2.34. The van der Waals surface area contributed by atoms with Crippen LogP contribution in [0.1, 0.15) is 61.3 Å². The van der Waals surface area contributed by atoms with E-state index in [0.717, 1.165) is 73.0 Å². The molecule has 0 bridgehead atoms. The zero-order valence-electron chi connectivity index (χ0n) is 15.7. The first-order valence-electron chi connectivity index (χ1n) is 9.96. The molecule has 3 aromatic rings. The van der Waals surface area contributed by atoms with Crippen molar-refractivity contribution in [3.63, 3.8) is 0 Å². The number of hydrogen-bond donors (Lipinski definition) is 0. The molecule has 0 N–H and O–H groups in total. The molecule has 1 fully saturated rings. The molecule has 28 heavy (non-hydrogen) atoms. The summed E-state index contributed by atoms with van der Waals surface area (Å²) in [5.74, 6) is 0.814. The van der Waals surface area contributed by atoms with Crippen LogP contribution in [0.25, 0.3) is 10.9 Å². The predicted molar refractivity (Wildman–Crippen MR) is 104 cm³/mol. The number of nitrogens with zero attached hydrogens (tertiary/aromatic N) is 4. The molecule has 3 heterocycles. The lowest BCUT2D eigenvalue weighted by Crippen LogP contribution is -2.19. The molecule has 2 unspecified atom stereocenters. The highest BCUT2D eigenvalue weighted by atomic mass is 16.5. The van der Waals surface area contributed by atoms with Gasteiger partial charge in [0.25, 0.3) is 0 Å². The summed E-state index contributed by atoms with van der Waals surface area (Å²) in [6.45, 7) is 0.789. The minimum Gasteiger partial charge on any atom is -0.484 e. The smallest absolute Gasteiger partial charge is 0.150 e. The third-order valence-electron chi connectivity index (χ3n) is 5.62. The number of pyridine rings is 1. The van der Waals surface area contributed by atoms with Crippen molar-refractivity contribution in [2.45, 2.75) is 50.9 Å². The largest absolute Gasteiger partial charge is 0.484 e. The van der Waals surface area contributed by atoms with Crippen molar-refractivity contribution in [3.8, 4) is 11.8 Å². The van der Waals surface area contributed by atoms with Crippen molar-refractivity contribution in [2.24, 2.45) is 0 Å². The van der Waals surface area contributed by atoms with Crippen molar-refractivity contribution < 1.29 is 9.47 Å². The Bertz CT molecular complexity index is 1050. The Balaban J connectivity index is 1.44. The van der Waals surface area contributed by atoms with E-state index < -0.39 is 0 Å². The van der Waals surface area contributed by atoms with Crippen molar-refractivity contribution in [2.75, 3.05) is 6.61 Å². The molecule has 1 aromatic carbocycles. The topological polar surface area (TPSA) is 73.0 Å². The molecule has 1 saturated heterocycles. The quantitative estimate of drug-likeness (QED) is 0.677. The van der Waals surface area contributed by atoms with E-state index in [0.29, 0.717) is 5.56 Å². The Labute approximate surface area is 163 Å². The summed E-state index contributed by atoms with van der Waals surface area (Å²) < 4.78 is 14.2. The molecule has 2 atom stereocenters. The lowest BCUT2D eigenvalue weighted by molar-refractivity contribution is -0.0366. The van der Waals surface area contributed by atoms with E-state index in [1.54, 1.807) is 6.20 Å². The van der Waals surface area contributed by atoms with E-state index in [4.69, 9.17) is 14.7 Å². The van der Waals surface area contributed by atoms with Gasteiger partial charge in [-0.2, -0.15) is 10.4 Å². The van der Waals surface area contributed by atoms with Crippen LogP contribution in [0.3, 0.4) is 0 Å². The molecule has 0 saturated carbocycles. The third-order valence-corrected chi connectivity index (χ3v) is 5.62. The summed E-state index contributed by atoms with van der Waals surface area (Å²) in [6.07, 6.45) is 9.62. The molecular weight excluding hydrogens is 352 g/mol. The van der Waals surface area contributed by atoms with Crippen molar-refractivity contribution >= 4 is 10.9 Å². The second-order valence-electron chi connectivity index (χ2n) is 7.51. The summed E-state index contributed by atoms with van der Waals surface area (Å²) in [7, 11) is 0. The second kappa shape index (κ2) is 7.25. The molecule has 5 rings (SSSR count). The number of hydrogen-bond acceptors (Lipinski definition) is 5. The Morgan fingerprint density at radius 1 is 1.14 bits per heavy atom. The highest BCUT2D eigenvalue weighted by molar-refractivity contribution is 5.80. The Kier molecular flexibility index (Phi) is 4.46. The van der Waals surface area contributed by atoms with Crippen LogP contribution in [-0.2, 0) is 11.2 Å². The first-order valence-corrected chi connectivity index (χ1v) is 9.96. The van der Waals surface area contributed by atoms with Gasteiger partial charge in [-0.25, -0.2) is 4.68 Å². The normalized spacial score (nSPS) is 21.8. The van der Waals surface area contributed by atoms with Gasteiger partial charge in [-0.1, -0.05) is 0 Å². The summed E-state index contributed by atoms with van der Waals surface area (Å²) in [5, 5.41) is 14.8. The molecule has 0 amide bonds.